The third-order valence-corrected chi connectivity index (χ3v) is 4.29. The summed E-state index contributed by atoms with van der Waals surface area (Å²) in [5.74, 6) is 0.356. The maximum Gasteiger partial charge on any atom is 0.317 e. The van der Waals surface area contributed by atoms with Gasteiger partial charge in [0, 0.05) is 44.6 Å². The summed E-state index contributed by atoms with van der Waals surface area (Å²) < 4.78 is 5.30. The van der Waals surface area contributed by atoms with E-state index in [2.05, 4.69) is 10.6 Å². The number of aliphatic hydroxyl groups is 1. The van der Waals surface area contributed by atoms with Gasteiger partial charge in [-0.2, -0.15) is 0 Å². The van der Waals surface area contributed by atoms with E-state index in [4.69, 9.17) is 4.74 Å². The molecule has 24 heavy (non-hydrogen) atoms. The van der Waals surface area contributed by atoms with Gasteiger partial charge >= 0.3 is 6.03 Å². The number of likely N-dealkylation sites (tertiary alicyclic amines) is 1. The molecular formula is C17H25N3O4. The molecule has 7 heteroatoms. The Labute approximate surface area is 142 Å². The zero-order valence-corrected chi connectivity index (χ0v) is 14.3. The summed E-state index contributed by atoms with van der Waals surface area (Å²) in [4.78, 5) is 25.3. The van der Waals surface area contributed by atoms with Crippen molar-refractivity contribution in [2.75, 3.05) is 27.2 Å². The van der Waals surface area contributed by atoms with Crippen LogP contribution in [-0.4, -0.2) is 55.3 Å². The quantitative estimate of drug-likeness (QED) is 0.736. The average Bonchev–Trinajstić information content (AvgIpc) is 2.93. The summed E-state index contributed by atoms with van der Waals surface area (Å²) in [6.45, 7) is 2.92. The number of methoxy groups -OCH3 is 1. The molecule has 1 aliphatic heterocycles. The van der Waals surface area contributed by atoms with Gasteiger partial charge in [0.1, 0.15) is 5.75 Å². The van der Waals surface area contributed by atoms with E-state index in [1.165, 1.54) is 0 Å². The lowest BCUT2D eigenvalue weighted by molar-refractivity contribution is -0.122. The predicted molar refractivity (Wildman–Crippen MR) is 89.7 cm³/mol. The highest BCUT2D eigenvalue weighted by molar-refractivity contribution is 5.77. The lowest BCUT2D eigenvalue weighted by Crippen LogP contribution is -2.38. The van der Waals surface area contributed by atoms with E-state index < -0.39 is 6.10 Å². The van der Waals surface area contributed by atoms with Crippen LogP contribution in [0.1, 0.15) is 17.5 Å². The number of nitrogens with one attached hydrogen (secondary N) is 2. The smallest absolute Gasteiger partial charge is 0.317 e. The molecule has 1 fully saturated rings. The number of aryl methyl sites for hydroxylation is 1. The predicted octanol–water partition coefficient (Wildman–Crippen LogP) is 0.642. The molecule has 132 valence electrons. The van der Waals surface area contributed by atoms with Crippen molar-refractivity contribution < 1.29 is 19.4 Å². The van der Waals surface area contributed by atoms with Crippen LogP contribution in [0.3, 0.4) is 0 Å². The van der Waals surface area contributed by atoms with Gasteiger partial charge in [-0.05, 0) is 13.0 Å². The highest BCUT2D eigenvalue weighted by Crippen LogP contribution is 2.22. The van der Waals surface area contributed by atoms with Gasteiger partial charge in [-0.1, -0.05) is 17.7 Å². The Hall–Kier alpha value is -2.28. The normalized spacial score (nSPS) is 19.9. The number of urea groups is 1. The van der Waals surface area contributed by atoms with Crippen molar-refractivity contribution in [3.63, 3.8) is 0 Å². The molecule has 1 aliphatic rings. The van der Waals surface area contributed by atoms with E-state index >= 15 is 0 Å². The third-order valence-electron chi connectivity index (χ3n) is 4.29. The molecule has 0 saturated carbocycles. The van der Waals surface area contributed by atoms with E-state index in [0.29, 0.717) is 13.1 Å². The molecule has 0 aliphatic carbocycles. The van der Waals surface area contributed by atoms with Crippen LogP contribution >= 0.6 is 0 Å². The Morgan fingerprint density at radius 1 is 1.38 bits per heavy atom. The summed E-state index contributed by atoms with van der Waals surface area (Å²) in [7, 11) is 3.15. The maximum atomic E-state index is 12.3. The minimum atomic E-state index is -0.679. The fourth-order valence-electron chi connectivity index (χ4n) is 2.89. The molecule has 3 N–H and O–H groups in total. The Balaban J connectivity index is 1.92. The topological polar surface area (TPSA) is 90.9 Å². The first-order valence-electron chi connectivity index (χ1n) is 7.99. The van der Waals surface area contributed by atoms with Gasteiger partial charge in [-0.25, -0.2) is 4.79 Å². The van der Waals surface area contributed by atoms with Gasteiger partial charge in [0.25, 0.3) is 0 Å². The van der Waals surface area contributed by atoms with Crippen LogP contribution in [0.2, 0.25) is 0 Å². The molecule has 0 aromatic heterocycles. The lowest BCUT2D eigenvalue weighted by atomic mass is 10.0. The zero-order valence-electron chi connectivity index (χ0n) is 14.3. The molecule has 1 heterocycles. The van der Waals surface area contributed by atoms with Crippen molar-refractivity contribution >= 4 is 11.9 Å². The van der Waals surface area contributed by atoms with Crippen molar-refractivity contribution in [3.8, 4) is 5.75 Å². The second kappa shape index (κ2) is 8.01. The van der Waals surface area contributed by atoms with E-state index in [1.807, 2.05) is 25.1 Å². The van der Waals surface area contributed by atoms with E-state index in [0.717, 1.165) is 16.9 Å². The number of benzene rings is 1. The van der Waals surface area contributed by atoms with Crippen LogP contribution in [0.25, 0.3) is 0 Å². The van der Waals surface area contributed by atoms with Crippen LogP contribution in [-0.2, 0) is 11.3 Å². The standard InChI is InChI=1S/C17H25N3O4/c1-11-4-5-15(24-3)12(6-11)8-19-17(23)20-9-13(14(21)10-20)7-16(22)18-2/h4-6,13-14,21H,7-10H2,1-3H3,(H,18,22)(H,19,23)/t13-,14-/m1/s1. The SMILES string of the molecule is CNC(=O)C[C@@H]1CN(C(=O)NCc2cc(C)ccc2OC)C[C@H]1O. The van der Waals surface area contributed by atoms with Crippen molar-refractivity contribution in [3.05, 3.63) is 29.3 Å². The van der Waals surface area contributed by atoms with Crippen LogP contribution < -0.4 is 15.4 Å². The number of hydrogen-bond acceptors (Lipinski definition) is 4. The molecule has 0 bridgehead atoms. The van der Waals surface area contributed by atoms with Gasteiger partial charge in [0.2, 0.25) is 5.91 Å². The zero-order chi connectivity index (χ0) is 17.7. The fraction of sp³-hybridized carbons (Fsp3) is 0.529. The number of β-amino-alcohol motifs (C(OH)–C–C–N with tert-alkyl or cyclic N) is 1. The second-order valence-corrected chi connectivity index (χ2v) is 6.08. The van der Waals surface area contributed by atoms with Crippen molar-refractivity contribution in [1.29, 1.82) is 0 Å². The van der Waals surface area contributed by atoms with E-state index in [-0.39, 0.29) is 30.8 Å². The second-order valence-electron chi connectivity index (χ2n) is 6.08. The molecule has 1 saturated heterocycles. The summed E-state index contributed by atoms with van der Waals surface area (Å²) in [5.41, 5.74) is 1.98. The Bertz CT molecular complexity index is 605. The molecular weight excluding hydrogens is 310 g/mol. The first-order chi connectivity index (χ1) is 11.4. The fourth-order valence-corrected chi connectivity index (χ4v) is 2.89. The van der Waals surface area contributed by atoms with Crippen LogP contribution in [0.4, 0.5) is 4.79 Å². The highest BCUT2D eigenvalue weighted by atomic mass is 16.5. The van der Waals surface area contributed by atoms with Gasteiger partial charge < -0.3 is 25.4 Å². The first-order valence-corrected chi connectivity index (χ1v) is 7.99. The van der Waals surface area contributed by atoms with Crippen molar-refractivity contribution in [1.82, 2.24) is 15.5 Å². The molecule has 7 nitrogen and oxygen atoms in total. The number of hydrogen-bond donors (Lipinski definition) is 3. The van der Waals surface area contributed by atoms with Crippen molar-refractivity contribution in [2.45, 2.75) is 26.0 Å². The Morgan fingerprint density at radius 3 is 2.79 bits per heavy atom. The number of ether oxygens (including phenoxy) is 1. The molecule has 0 unspecified atom stereocenters. The lowest BCUT2D eigenvalue weighted by Gasteiger charge is -2.18. The molecule has 1 aromatic rings. The molecule has 0 radical (unpaired) electrons. The van der Waals surface area contributed by atoms with Crippen LogP contribution in [0.5, 0.6) is 5.75 Å². The van der Waals surface area contributed by atoms with Crippen LogP contribution in [0.15, 0.2) is 18.2 Å². The van der Waals surface area contributed by atoms with Gasteiger partial charge in [-0.3, -0.25) is 4.79 Å². The Kier molecular flexibility index (Phi) is 6.03. The number of rotatable bonds is 5. The number of nitrogens with zero attached hydrogens (tertiary/aromatic N) is 1. The molecule has 2 atom stereocenters. The van der Waals surface area contributed by atoms with Gasteiger partial charge in [0.05, 0.1) is 13.2 Å². The van der Waals surface area contributed by atoms with E-state index in [9.17, 15) is 14.7 Å². The Morgan fingerprint density at radius 2 is 2.12 bits per heavy atom. The number of amides is 3. The third kappa shape index (κ3) is 4.38. The highest BCUT2D eigenvalue weighted by Gasteiger charge is 2.35. The van der Waals surface area contributed by atoms with Gasteiger partial charge in [-0.15, -0.1) is 0 Å². The molecule has 2 rings (SSSR count). The molecule has 1 aromatic carbocycles. The maximum absolute atomic E-state index is 12.3. The summed E-state index contributed by atoms with van der Waals surface area (Å²) in [6, 6.07) is 5.53. The summed E-state index contributed by atoms with van der Waals surface area (Å²) in [5, 5.41) is 15.4. The molecule has 0 spiro atoms. The summed E-state index contributed by atoms with van der Waals surface area (Å²) in [6.07, 6.45) is -0.464. The van der Waals surface area contributed by atoms with Gasteiger partial charge in [0.15, 0.2) is 0 Å². The van der Waals surface area contributed by atoms with E-state index in [1.54, 1.807) is 19.1 Å². The molecule has 3 amide bonds. The average molecular weight is 335 g/mol. The number of carbonyl (C=O) groups is 2. The summed E-state index contributed by atoms with van der Waals surface area (Å²) >= 11 is 0. The van der Waals surface area contributed by atoms with Crippen molar-refractivity contribution in [2.24, 2.45) is 5.92 Å². The van der Waals surface area contributed by atoms with Crippen LogP contribution in [0, 0.1) is 12.8 Å². The minimum absolute atomic E-state index is 0.134. The minimum Gasteiger partial charge on any atom is -0.496 e. The number of aliphatic hydroxyl groups excluding tert-OH is 1. The largest absolute Gasteiger partial charge is 0.496 e. The monoisotopic (exact) mass is 335 g/mol. The first kappa shape index (κ1) is 18.1. The number of carbonyl (C=O) groups excluding carboxylic acids is 2.